The van der Waals surface area contributed by atoms with Crippen LogP contribution in [0.15, 0.2) is 24.3 Å². The van der Waals surface area contributed by atoms with E-state index in [1.54, 1.807) is 0 Å². The maximum Gasteiger partial charge on any atom is 0.306 e. The quantitative estimate of drug-likeness (QED) is 0.0172. The van der Waals surface area contributed by atoms with Crippen molar-refractivity contribution in [2.45, 2.75) is 325 Å². The minimum absolute atomic E-state index is 0.0661. The van der Waals surface area contributed by atoms with Gasteiger partial charge in [0.1, 0.15) is 54.9 Å². The van der Waals surface area contributed by atoms with Gasteiger partial charge in [-0.05, 0) is 44.9 Å². The van der Waals surface area contributed by atoms with Gasteiger partial charge in [-0.25, -0.2) is 0 Å². The number of unbranched alkanes of at least 4 members (excludes halogenated alkanes) is 33. The van der Waals surface area contributed by atoms with E-state index in [0.29, 0.717) is 13.0 Å². The van der Waals surface area contributed by atoms with Crippen LogP contribution in [0.5, 0.6) is 0 Å². The highest BCUT2D eigenvalue weighted by Gasteiger charge is 2.47. The van der Waals surface area contributed by atoms with Gasteiger partial charge in [0.15, 0.2) is 12.6 Å². The molecule has 0 aromatic heterocycles. The zero-order chi connectivity index (χ0) is 54.4. The Morgan fingerprint density at radius 1 is 0.440 bits per heavy atom. The van der Waals surface area contributed by atoms with E-state index in [1.807, 2.05) is 0 Å². The van der Waals surface area contributed by atoms with Crippen molar-refractivity contribution in [2.75, 3.05) is 33.0 Å². The number of hydrogen-bond acceptors (Lipinski definition) is 14. The lowest BCUT2D eigenvalue weighted by Gasteiger charge is -2.42. The van der Waals surface area contributed by atoms with E-state index in [-0.39, 0.29) is 25.6 Å². The first-order valence-electron chi connectivity index (χ1n) is 30.9. The third-order valence-electron chi connectivity index (χ3n) is 15.0. The van der Waals surface area contributed by atoms with E-state index in [1.165, 1.54) is 186 Å². The Labute approximate surface area is 456 Å². The van der Waals surface area contributed by atoms with Crippen molar-refractivity contribution in [1.29, 1.82) is 0 Å². The Kier molecular flexibility index (Phi) is 44.9. The van der Waals surface area contributed by atoms with E-state index in [0.717, 1.165) is 44.9 Å². The number of esters is 1. The van der Waals surface area contributed by atoms with Crippen LogP contribution in [-0.4, -0.2) is 142 Å². The standard InChI is InChI=1S/C61H114O14/c1-3-5-7-9-11-13-15-17-19-21-23-24-25-26-27-28-30-32-34-36-38-40-42-44-53(63)73-50(47-70-45-43-41-39-37-35-33-31-29-22-20-18-16-14-12-10-8-6-4-2)48-71-60-59(69)57(67)55(65)52(75-60)49-72-61-58(68)56(66)54(64)51(46-62)74-61/h15,17,21,23,50-52,54-62,64-69H,3-14,16,18-20,22,24-49H2,1-2H3/b17-15-,23-21-. The molecule has 0 spiro atoms. The molecule has 0 aliphatic carbocycles. The molecule has 2 fully saturated rings. The Hall–Kier alpha value is -1.53. The normalized spacial score (nSPS) is 24.7. The largest absolute Gasteiger partial charge is 0.457 e. The Bertz CT molecular complexity index is 1330. The van der Waals surface area contributed by atoms with Crippen molar-refractivity contribution in [3.8, 4) is 0 Å². The molecule has 7 N–H and O–H groups in total. The Balaban J connectivity index is 1.68. The summed E-state index contributed by atoms with van der Waals surface area (Å²) in [5.74, 6) is -0.373. The number of allylic oxidation sites excluding steroid dienone is 4. The topological polar surface area (TPSA) is 214 Å². The van der Waals surface area contributed by atoms with Crippen LogP contribution in [0.2, 0.25) is 0 Å². The summed E-state index contributed by atoms with van der Waals surface area (Å²) in [5.41, 5.74) is 0. The SMILES string of the molecule is CCCCCCC/C=C\C/C=C\CCCCCCCCCCCCCC(=O)OC(COCCCCCCCCCCCCCCCCCCCC)COC1OC(COC2OC(CO)C(O)C(O)C2O)C(O)C(O)C1O. The summed E-state index contributed by atoms with van der Waals surface area (Å²) in [6.45, 7) is 3.74. The molecular weight excluding hydrogens is 957 g/mol. The molecular formula is C61H114O14. The van der Waals surface area contributed by atoms with E-state index in [9.17, 15) is 40.5 Å². The summed E-state index contributed by atoms with van der Waals surface area (Å²) < 4.78 is 34.5. The van der Waals surface area contributed by atoms with Crippen LogP contribution in [0.3, 0.4) is 0 Å². The summed E-state index contributed by atoms with van der Waals surface area (Å²) in [4.78, 5) is 13.1. The molecule has 2 rings (SSSR count). The first-order valence-corrected chi connectivity index (χ1v) is 30.9. The average molecular weight is 1070 g/mol. The molecule has 11 unspecified atom stereocenters. The van der Waals surface area contributed by atoms with Crippen molar-refractivity contribution in [1.82, 2.24) is 0 Å². The van der Waals surface area contributed by atoms with Crippen LogP contribution < -0.4 is 0 Å². The lowest BCUT2D eigenvalue weighted by atomic mass is 9.98. The minimum Gasteiger partial charge on any atom is -0.457 e. The molecule has 14 heteroatoms. The van der Waals surface area contributed by atoms with Crippen LogP contribution in [0.4, 0.5) is 0 Å². The fourth-order valence-corrected chi connectivity index (χ4v) is 9.97. The molecule has 0 radical (unpaired) electrons. The first-order chi connectivity index (χ1) is 36.6. The van der Waals surface area contributed by atoms with Gasteiger partial charge in [-0.2, -0.15) is 0 Å². The highest BCUT2D eigenvalue weighted by molar-refractivity contribution is 5.69. The number of carbonyl (C=O) groups is 1. The van der Waals surface area contributed by atoms with Gasteiger partial charge in [0.2, 0.25) is 0 Å². The van der Waals surface area contributed by atoms with Crippen LogP contribution in [0.1, 0.15) is 258 Å². The highest BCUT2D eigenvalue weighted by atomic mass is 16.7. The van der Waals surface area contributed by atoms with Gasteiger partial charge >= 0.3 is 5.97 Å². The molecule has 0 saturated carbocycles. The van der Waals surface area contributed by atoms with Gasteiger partial charge in [-0.1, -0.05) is 231 Å². The minimum atomic E-state index is -1.70. The summed E-state index contributed by atoms with van der Waals surface area (Å²) in [6.07, 6.45) is 39.5. The van der Waals surface area contributed by atoms with Crippen LogP contribution in [-0.2, 0) is 33.2 Å². The number of aliphatic hydroxyl groups excluding tert-OH is 7. The fraction of sp³-hybridized carbons (Fsp3) is 0.918. The van der Waals surface area contributed by atoms with Crippen LogP contribution >= 0.6 is 0 Å². The molecule has 2 aliphatic heterocycles. The van der Waals surface area contributed by atoms with Crippen molar-refractivity contribution >= 4 is 5.97 Å². The number of aliphatic hydroxyl groups is 7. The predicted molar refractivity (Wildman–Crippen MR) is 298 cm³/mol. The molecule has 442 valence electrons. The maximum absolute atomic E-state index is 13.1. The van der Waals surface area contributed by atoms with Crippen molar-refractivity contribution in [2.24, 2.45) is 0 Å². The summed E-state index contributed by atoms with van der Waals surface area (Å²) in [6, 6.07) is 0. The first kappa shape index (κ1) is 69.6. The fourth-order valence-electron chi connectivity index (χ4n) is 9.97. The second-order valence-corrected chi connectivity index (χ2v) is 21.9. The predicted octanol–water partition coefficient (Wildman–Crippen LogP) is 11.5. The van der Waals surface area contributed by atoms with Crippen LogP contribution in [0.25, 0.3) is 0 Å². The Morgan fingerprint density at radius 2 is 0.827 bits per heavy atom. The molecule has 11 atom stereocenters. The molecule has 2 saturated heterocycles. The Morgan fingerprint density at radius 3 is 1.28 bits per heavy atom. The van der Waals surface area contributed by atoms with E-state index in [2.05, 4.69) is 38.2 Å². The molecule has 14 nitrogen and oxygen atoms in total. The van der Waals surface area contributed by atoms with Crippen LogP contribution in [0, 0.1) is 0 Å². The van der Waals surface area contributed by atoms with Gasteiger partial charge in [0.05, 0.1) is 26.4 Å². The van der Waals surface area contributed by atoms with Gasteiger partial charge in [0, 0.05) is 13.0 Å². The number of ether oxygens (including phenoxy) is 6. The van der Waals surface area contributed by atoms with Crippen molar-refractivity contribution < 1.29 is 69.0 Å². The van der Waals surface area contributed by atoms with Gasteiger partial charge in [0.25, 0.3) is 0 Å². The highest BCUT2D eigenvalue weighted by Crippen LogP contribution is 2.27. The summed E-state index contributed by atoms with van der Waals surface area (Å²) in [7, 11) is 0. The second-order valence-electron chi connectivity index (χ2n) is 21.9. The van der Waals surface area contributed by atoms with Crippen molar-refractivity contribution in [3.05, 3.63) is 24.3 Å². The summed E-state index contributed by atoms with van der Waals surface area (Å²) in [5, 5.41) is 72.4. The lowest BCUT2D eigenvalue weighted by Crippen LogP contribution is -2.61. The lowest BCUT2D eigenvalue weighted by molar-refractivity contribution is -0.332. The van der Waals surface area contributed by atoms with E-state index < -0.39 is 80.7 Å². The molecule has 0 bridgehead atoms. The van der Waals surface area contributed by atoms with Gasteiger partial charge < -0.3 is 64.2 Å². The second kappa shape index (κ2) is 48.4. The molecule has 0 aromatic carbocycles. The zero-order valence-corrected chi connectivity index (χ0v) is 47.6. The molecule has 2 aliphatic rings. The smallest absolute Gasteiger partial charge is 0.306 e. The molecule has 0 amide bonds. The number of carbonyl (C=O) groups excluding carboxylic acids is 1. The van der Waals surface area contributed by atoms with Crippen molar-refractivity contribution in [3.63, 3.8) is 0 Å². The number of rotatable bonds is 51. The zero-order valence-electron chi connectivity index (χ0n) is 47.6. The van der Waals surface area contributed by atoms with E-state index in [4.69, 9.17) is 28.4 Å². The number of hydrogen-bond donors (Lipinski definition) is 7. The maximum atomic E-state index is 13.1. The molecule has 2 heterocycles. The summed E-state index contributed by atoms with van der Waals surface area (Å²) >= 11 is 0. The third-order valence-corrected chi connectivity index (χ3v) is 15.0. The van der Waals surface area contributed by atoms with Gasteiger partial charge in [-0.3, -0.25) is 4.79 Å². The molecule has 75 heavy (non-hydrogen) atoms. The average Bonchev–Trinajstić information content (AvgIpc) is 3.41. The monoisotopic (exact) mass is 1070 g/mol. The van der Waals surface area contributed by atoms with E-state index >= 15 is 0 Å². The third kappa shape index (κ3) is 35.0. The van der Waals surface area contributed by atoms with Gasteiger partial charge in [-0.15, -0.1) is 0 Å². The molecule has 0 aromatic rings.